The van der Waals surface area contributed by atoms with Crippen LogP contribution in [0.1, 0.15) is 12.8 Å². The molecule has 1 aliphatic rings. The predicted molar refractivity (Wildman–Crippen MR) is 80.8 cm³/mol. The fraction of sp³-hybridized carbons (Fsp3) is 0.429. The van der Waals surface area contributed by atoms with Gasteiger partial charge in [0, 0.05) is 13.1 Å². The molecular formula is C14H16Cl2N2O3. The molecule has 0 aliphatic carbocycles. The average Bonchev–Trinajstić information content (AvgIpc) is 3.00. The number of ether oxygens (including phenoxy) is 1. The van der Waals surface area contributed by atoms with Crippen LogP contribution in [-0.4, -0.2) is 43.0 Å². The second-order valence-corrected chi connectivity index (χ2v) is 5.49. The molecule has 0 saturated carbocycles. The summed E-state index contributed by atoms with van der Waals surface area (Å²) in [4.78, 5) is 25.1. The molecule has 1 aliphatic heterocycles. The summed E-state index contributed by atoms with van der Waals surface area (Å²) in [6.07, 6.45) is 2.05. The van der Waals surface area contributed by atoms with Crippen LogP contribution in [0.15, 0.2) is 18.2 Å². The Morgan fingerprint density at radius 1 is 1.24 bits per heavy atom. The Bertz CT molecular complexity index is 531. The second-order valence-electron chi connectivity index (χ2n) is 4.71. The van der Waals surface area contributed by atoms with Crippen LogP contribution < -0.4 is 10.1 Å². The minimum Gasteiger partial charge on any atom is -0.482 e. The number of halogens is 2. The van der Waals surface area contributed by atoms with Crippen molar-refractivity contribution in [3.05, 3.63) is 28.2 Å². The molecule has 7 heteroatoms. The summed E-state index contributed by atoms with van der Waals surface area (Å²) in [5.41, 5.74) is 0. The Morgan fingerprint density at radius 3 is 2.67 bits per heavy atom. The first-order valence-corrected chi connectivity index (χ1v) is 7.45. The first-order valence-electron chi connectivity index (χ1n) is 6.69. The number of benzene rings is 1. The van der Waals surface area contributed by atoms with Crippen LogP contribution in [0.3, 0.4) is 0 Å². The lowest BCUT2D eigenvalue weighted by molar-refractivity contribution is -0.132. The normalized spacial score (nSPS) is 14.1. The van der Waals surface area contributed by atoms with E-state index in [1.165, 1.54) is 0 Å². The molecule has 0 spiro atoms. The smallest absolute Gasteiger partial charge is 0.258 e. The molecule has 21 heavy (non-hydrogen) atoms. The number of carbonyl (C=O) groups excluding carboxylic acids is 2. The van der Waals surface area contributed by atoms with Gasteiger partial charge in [-0.2, -0.15) is 0 Å². The number of rotatable bonds is 5. The van der Waals surface area contributed by atoms with E-state index in [0.29, 0.717) is 10.8 Å². The number of hydrogen-bond donors (Lipinski definition) is 1. The van der Waals surface area contributed by atoms with Gasteiger partial charge in [0.05, 0.1) is 11.6 Å². The number of likely N-dealkylation sites (tertiary alicyclic amines) is 1. The van der Waals surface area contributed by atoms with Crippen LogP contribution in [-0.2, 0) is 9.59 Å². The average molecular weight is 331 g/mol. The van der Waals surface area contributed by atoms with Crippen molar-refractivity contribution in [2.75, 3.05) is 26.2 Å². The van der Waals surface area contributed by atoms with E-state index in [4.69, 9.17) is 27.9 Å². The maximum Gasteiger partial charge on any atom is 0.258 e. The highest BCUT2D eigenvalue weighted by molar-refractivity contribution is 6.42. The van der Waals surface area contributed by atoms with Crippen molar-refractivity contribution >= 4 is 35.0 Å². The van der Waals surface area contributed by atoms with Crippen LogP contribution >= 0.6 is 23.2 Å². The van der Waals surface area contributed by atoms with Crippen molar-refractivity contribution in [1.82, 2.24) is 10.2 Å². The lowest BCUT2D eigenvalue weighted by atomic mass is 10.3. The van der Waals surface area contributed by atoms with E-state index in [1.54, 1.807) is 23.1 Å². The summed E-state index contributed by atoms with van der Waals surface area (Å²) in [7, 11) is 0. The zero-order valence-corrected chi connectivity index (χ0v) is 12.9. The monoisotopic (exact) mass is 330 g/mol. The number of nitrogens with zero attached hydrogens (tertiary/aromatic N) is 1. The fourth-order valence-electron chi connectivity index (χ4n) is 2.04. The van der Waals surface area contributed by atoms with Crippen molar-refractivity contribution in [3.8, 4) is 5.75 Å². The van der Waals surface area contributed by atoms with Gasteiger partial charge in [-0.15, -0.1) is 0 Å². The molecule has 2 rings (SSSR count). The lowest BCUT2D eigenvalue weighted by Crippen LogP contribution is -2.40. The first kappa shape index (κ1) is 15.9. The van der Waals surface area contributed by atoms with Crippen LogP contribution in [0.5, 0.6) is 5.75 Å². The fourth-order valence-corrected chi connectivity index (χ4v) is 2.39. The molecule has 114 valence electrons. The quantitative estimate of drug-likeness (QED) is 0.899. The molecule has 2 amide bonds. The van der Waals surface area contributed by atoms with Gasteiger partial charge in [-0.25, -0.2) is 0 Å². The van der Waals surface area contributed by atoms with Crippen molar-refractivity contribution in [1.29, 1.82) is 0 Å². The first-order chi connectivity index (χ1) is 10.1. The molecule has 0 atom stereocenters. The van der Waals surface area contributed by atoms with Gasteiger partial charge in [-0.1, -0.05) is 29.3 Å². The molecule has 1 saturated heterocycles. The van der Waals surface area contributed by atoms with Gasteiger partial charge in [0.15, 0.2) is 6.61 Å². The van der Waals surface area contributed by atoms with Crippen LogP contribution in [0, 0.1) is 0 Å². The van der Waals surface area contributed by atoms with Crippen molar-refractivity contribution in [2.24, 2.45) is 0 Å². The van der Waals surface area contributed by atoms with Crippen LogP contribution in [0.4, 0.5) is 0 Å². The molecule has 0 radical (unpaired) electrons. The maximum atomic E-state index is 11.8. The van der Waals surface area contributed by atoms with E-state index in [1.807, 2.05) is 0 Å². The van der Waals surface area contributed by atoms with E-state index in [-0.39, 0.29) is 30.0 Å². The summed E-state index contributed by atoms with van der Waals surface area (Å²) in [6, 6.07) is 4.93. The molecule has 1 aromatic rings. The van der Waals surface area contributed by atoms with Crippen molar-refractivity contribution in [3.63, 3.8) is 0 Å². The van der Waals surface area contributed by atoms with Crippen molar-refractivity contribution in [2.45, 2.75) is 12.8 Å². The summed E-state index contributed by atoms with van der Waals surface area (Å²) in [5, 5.41) is 3.16. The van der Waals surface area contributed by atoms with Gasteiger partial charge in [-0.05, 0) is 25.0 Å². The maximum absolute atomic E-state index is 11.8. The van der Waals surface area contributed by atoms with E-state index in [0.717, 1.165) is 25.9 Å². The van der Waals surface area contributed by atoms with Gasteiger partial charge in [0.1, 0.15) is 10.8 Å². The third-order valence-corrected chi connectivity index (χ3v) is 3.97. The van der Waals surface area contributed by atoms with E-state index < -0.39 is 0 Å². The molecule has 1 fully saturated rings. The molecular weight excluding hydrogens is 315 g/mol. The number of nitrogens with one attached hydrogen (secondary N) is 1. The Balaban J connectivity index is 1.74. The molecule has 1 heterocycles. The minimum absolute atomic E-state index is 0.00846. The van der Waals surface area contributed by atoms with Crippen molar-refractivity contribution < 1.29 is 14.3 Å². The standard InChI is InChI=1S/C14H16Cl2N2O3/c15-10-4-3-5-11(14(10)16)21-9-12(19)17-8-13(20)18-6-1-2-7-18/h3-5H,1-2,6-9H2,(H,17,19). The van der Waals surface area contributed by atoms with Crippen LogP contribution in [0.25, 0.3) is 0 Å². The lowest BCUT2D eigenvalue weighted by Gasteiger charge is -2.15. The SMILES string of the molecule is O=C(COc1cccc(Cl)c1Cl)NCC(=O)N1CCCC1. The number of hydrogen-bond acceptors (Lipinski definition) is 3. The second kappa shape index (κ2) is 7.52. The van der Waals surface area contributed by atoms with Gasteiger partial charge < -0.3 is 15.0 Å². The Labute approximate surface area is 133 Å². The summed E-state index contributed by atoms with van der Waals surface area (Å²) in [6.45, 7) is 1.31. The predicted octanol–water partition coefficient (Wildman–Crippen LogP) is 2.11. The molecule has 5 nitrogen and oxygen atoms in total. The third-order valence-electron chi connectivity index (χ3n) is 3.17. The van der Waals surface area contributed by atoms with Crippen LogP contribution in [0.2, 0.25) is 10.0 Å². The summed E-state index contributed by atoms with van der Waals surface area (Å²) < 4.78 is 5.28. The topological polar surface area (TPSA) is 58.6 Å². The van der Waals surface area contributed by atoms with Gasteiger partial charge >= 0.3 is 0 Å². The molecule has 1 N–H and O–H groups in total. The Hall–Kier alpha value is -1.46. The van der Waals surface area contributed by atoms with Gasteiger partial charge in [0.2, 0.25) is 5.91 Å². The largest absolute Gasteiger partial charge is 0.482 e. The van der Waals surface area contributed by atoms with Gasteiger partial charge in [-0.3, -0.25) is 9.59 Å². The Morgan fingerprint density at radius 2 is 1.95 bits per heavy atom. The Kier molecular flexibility index (Phi) is 5.70. The molecule has 0 bridgehead atoms. The summed E-state index contributed by atoms with van der Waals surface area (Å²) in [5.74, 6) is -0.106. The van der Waals surface area contributed by atoms with E-state index >= 15 is 0 Å². The molecule has 0 unspecified atom stereocenters. The minimum atomic E-state index is -0.376. The number of amides is 2. The highest BCUT2D eigenvalue weighted by atomic mass is 35.5. The highest BCUT2D eigenvalue weighted by Gasteiger charge is 2.18. The van der Waals surface area contributed by atoms with E-state index in [2.05, 4.69) is 5.32 Å². The van der Waals surface area contributed by atoms with Gasteiger partial charge in [0.25, 0.3) is 5.91 Å². The summed E-state index contributed by atoms with van der Waals surface area (Å²) >= 11 is 11.8. The van der Waals surface area contributed by atoms with E-state index in [9.17, 15) is 9.59 Å². The third kappa shape index (κ3) is 4.51. The highest BCUT2D eigenvalue weighted by Crippen LogP contribution is 2.31. The zero-order valence-electron chi connectivity index (χ0n) is 11.4. The molecule has 1 aromatic carbocycles. The zero-order chi connectivity index (χ0) is 15.2. The molecule has 0 aromatic heterocycles. The number of carbonyl (C=O) groups is 2.